The van der Waals surface area contributed by atoms with Gasteiger partial charge in [-0.25, -0.2) is 9.78 Å². The number of aromatic nitrogens is 3. The van der Waals surface area contributed by atoms with Crippen molar-refractivity contribution in [2.45, 2.75) is 24.9 Å². The minimum atomic E-state index is -0.429. The number of hydrogen-bond donors (Lipinski definition) is 1. The molecular weight excluding hydrogens is 356 g/mol. The fourth-order valence-electron chi connectivity index (χ4n) is 3.91. The van der Waals surface area contributed by atoms with Crippen LogP contribution in [0.2, 0.25) is 5.15 Å². The number of fused-ring (bicyclic) bond motifs is 2. The van der Waals surface area contributed by atoms with Crippen molar-refractivity contribution in [3.05, 3.63) is 35.2 Å². The number of carbonyl (C=O) groups excluding carboxylic acids is 1. The zero-order chi connectivity index (χ0) is 18.3. The molecule has 2 aromatic rings. The van der Waals surface area contributed by atoms with Crippen LogP contribution in [-0.4, -0.2) is 53.4 Å². The van der Waals surface area contributed by atoms with E-state index >= 15 is 0 Å². The largest absolute Gasteiger partial charge is 0.464 e. The van der Waals surface area contributed by atoms with Crippen LogP contribution in [0.1, 0.15) is 23.3 Å². The van der Waals surface area contributed by atoms with Gasteiger partial charge in [-0.3, -0.25) is 0 Å². The molecule has 9 heteroatoms. The highest BCUT2D eigenvalue weighted by Crippen LogP contribution is 2.37. The van der Waals surface area contributed by atoms with Gasteiger partial charge in [-0.05, 0) is 25.0 Å². The zero-order valence-electron chi connectivity index (χ0n) is 14.3. The molecule has 2 N–H and O–H groups in total. The summed E-state index contributed by atoms with van der Waals surface area (Å²) in [6, 6.07) is 6.08. The first-order chi connectivity index (χ1) is 12.6. The van der Waals surface area contributed by atoms with E-state index in [1.807, 2.05) is 6.07 Å². The minimum Gasteiger partial charge on any atom is -0.464 e. The number of ether oxygens (including phenoxy) is 1. The standard InChI is InChI=1S/C17H19ClN6O2/c1-26-17(25)13-5-4-10(7-20-13)24-11-2-3-12(24)9-23(8-11)14-6-15(18)21-22-16(14)19/h4-7,11-12H,2-3,8-9H2,1H3,(H2,19,22). The Labute approximate surface area is 155 Å². The Hall–Kier alpha value is -2.61. The number of nitrogens with zero attached hydrogens (tertiary/aromatic N) is 5. The first-order valence-electron chi connectivity index (χ1n) is 8.43. The maximum absolute atomic E-state index is 11.6. The Morgan fingerprint density at radius 1 is 1.27 bits per heavy atom. The highest BCUT2D eigenvalue weighted by molar-refractivity contribution is 6.29. The van der Waals surface area contributed by atoms with Crippen LogP contribution in [0.5, 0.6) is 0 Å². The summed E-state index contributed by atoms with van der Waals surface area (Å²) in [5.74, 6) is -0.0340. The van der Waals surface area contributed by atoms with Crippen LogP contribution >= 0.6 is 11.6 Å². The monoisotopic (exact) mass is 374 g/mol. The van der Waals surface area contributed by atoms with Gasteiger partial charge in [0.25, 0.3) is 0 Å². The number of esters is 1. The van der Waals surface area contributed by atoms with Gasteiger partial charge in [0.15, 0.2) is 11.0 Å². The molecule has 2 aliphatic rings. The number of anilines is 3. The average Bonchev–Trinajstić information content (AvgIpc) is 2.92. The Morgan fingerprint density at radius 3 is 2.62 bits per heavy atom. The lowest BCUT2D eigenvalue weighted by atomic mass is 10.1. The molecule has 2 atom stereocenters. The third kappa shape index (κ3) is 2.90. The summed E-state index contributed by atoms with van der Waals surface area (Å²) in [6.07, 6.45) is 3.92. The summed E-state index contributed by atoms with van der Waals surface area (Å²) in [5, 5.41) is 8.05. The highest BCUT2D eigenvalue weighted by Gasteiger charge is 2.40. The van der Waals surface area contributed by atoms with Crippen molar-refractivity contribution in [2.75, 3.05) is 35.7 Å². The molecule has 4 rings (SSSR count). The van der Waals surface area contributed by atoms with E-state index in [2.05, 4.69) is 25.0 Å². The van der Waals surface area contributed by atoms with Gasteiger partial charge in [-0.15, -0.1) is 10.2 Å². The molecule has 8 nitrogen and oxygen atoms in total. The number of methoxy groups -OCH3 is 1. The van der Waals surface area contributed by atoms with Crippen LogP contribution in [0.25, 0.3) is 0 Å². The quantitative estimate of drug-likeness (QED) is 0.811. The predicted octanol–water partition coefficient (Wildman–Crippen LogP) is 1.75. The molecule has 26 heavy (non-hydrogen) atoms. The number of rotatable bonds is 3. The Morgan fingerprint density at radius 2 is 2.00 bits per heavy atom. The van der Waals surface area contributed by atoms with Gasteiger partial charge < -0.3 is 20.3 Å². The fourth-order valence-corrected chi connectivity index (χ4v) is 4.05. The van der Waals surface area contributed by atoms with Gasteiger partial charge in [-0.1, -0.05) is 11.6 Å². The summed E-state index contributed by atoms with van der Waals surface area (Å²) in [4.78, 5) is 20.4. The van der Waals surface area contributed by atoms with Crippen LogP contribution in [0.4, 0.5) is 17.2 Å². The first kappa shape index (κ1) is 16.8. The van der Waals surface area contributed by atoms with Gasteiger partial charge in [0.2, 0.25) is 0 Å². The van der Waals surface area contributed by atoms with E-state index in [4.69, 9.17) is 22.1 Å². The second kappa shape index (κ2) is 6.60. The van der Waals surface area contributed by atoms with Crippen molar-refractivity contribution in [2.24, 2.45) is 0 Å². The predicted molar refractivity (Wildman–Crippen MR) is 98.5 cm³/mol. The van der Waals surface area contributed by atoms with Crippen molar-refractivity contribution in [1.29, 1.82) is 0 Å². The Balaban J connectivity index is 1.55. The molecule has 2 fully saturated rings. The molecule has 4 heterocycles. The average molecular weight is 375 g/mol. The molecule has 2 saturated heterocycles. The second-order valence-electron chi connectivity index (χ2n) is 6.53. The van der Waals surface area contributed by atoms with Gasteiger partial charge >= 0.3 is 5.97 Å². The van der Waals surface area contributed by atoms with Crippen molar-refractivity contribution >= 4 is 34.8 Å². The number of piperazine rings is 1. The van der Waals surface area contributed by atoms with E-state index in [-0.39, 0.29) is 0 Å². The molecule has 0 spiro atoms. The minimum absolute atomic E-state index is 0.313. The van der Waals surface area contributed by atoms with Crippen LogP contribution in [0, 0.1) is 0 Å². The van der Waals surface area contributed by atoms with Gasteiger partial charge in [-0.2, -0.15) is 0 Å². The molecule has 2 bridgehead atoms. The molecule has 0 aliphatic carbocycles. The summed E-state index contributed by atoms with van der Waals surface area (Å²) >= 11 is 5.99. The van der Waals surface area contributed by atoms with Crippen LogP contribution in [0.15, 0.2) is 24.4 Å². The highest BCUT2D eigenvalue weighted by atomic mass is 35.5. The molecular formula is C17H19ClN6O2. The van der Waals surface area contributed by atoms with Crippen LogP contribution < -0.4 is 15.5 Å². The number of pyridine rings is 1. The molecule has 2 unspecified atom stereocenters. The second-order valence-corrected chi connectivity index (χ2v) is 6.92. The Bertz CT molecular complexity index is 817. The van der Waals surface area contributed by atoms with E-state index in [1.165, 1.54) is 7.11 Å². The lowest BCUT2D eigenvalue weighted by molar-refractivity contribution is 0.0594. The number of hydrogen-bond acceptors (Lipinski definition) is 8. The third-order valence-corrected chi connectivity index (χ3v) is 5.22. The van der Waals surface area contributed by atoms with Gasteiger partial charge in [0.05, 0.1) is 24.7 Å². The van der Waals surface area contributed by atoms with E-state index in [1.54, 1.807) is 18.3 Å². The topological polar surface area (TPSA) is 97.5 Å². The van der Waals surface area contributed by atoms with E-state index in [0.29, 0.717) is 28.7 Å². The SMILES string of the molecule is COC(=O)c1ccc(N2C3CCC2CN(c2cc(Cl)nnc2N)C3)cn1. The zero-order valence-corrected chi connectivity index (χ0v) is 15.1. The maximum Gasteiger partial charge on any atom is 0.356 e. The van der Waals surface area contributed by atoms with Gasteiger partial charge in [0, 0.05) is 31.2 Å². The first-order valence-corrected chi connectivity index (χ1v) is 8.81. The van der Waals surface area contributed by atoms with Crippen molar-refractivity contribution in [3.63, 3.8) is 0 Å². The molecule has 0 saturated carbocycles. The third-order valence-electron chi connectivity index (χ3n) is 5.03. The molecule has 2 aliphatic heterocycles. The summed E-state index contributed by atoms with van der Waals surface area (Å²) < 4.78 is 4.70. The number of nitrogens with two attached hydrogens (primary N) is 1. The number of carbonyl (C=O) groups is 1. The van der Waals surface area contributed by atoms with Crippen LogP contribution in [-0.2, 0) is 4.74 Å². The fraction of sp³-hybridized carbons (Fsp3) is 0.412. The van der Waals surface area contributed by atoms with Crippen molar-refractivity contribution < 1.29 is 9.53 Å². The Kier molecular flexibility index (Phi) is 4.28. The van der Waals surface area contributed by atoms with Crippen molar-refractivity contribution in [3.8, 4) is 0 Å². The number of nitrogen functional groups attached to an aromatic ring is 1. The lowest BCUT2D eigenvalue weighted by Gasteiger charge is -2.43. The molecule has 0 amide bonds. The number of halogens is 1. The van der Waals surface area contributed by atoms with E-state index in [0.717, 1.165) is 37.3 Å². The maximum atomic E-state index is 11.6. The van der Waals surface area contributed by atoms with E-state index in [9.17, 15) is 4.79 Å². The summed E-state index contributed by atoms with van der Waals surface area (Å²) in [7, 11) is 1.35. The summed E-state index contributed by atoms with van der Waals surface area (Å²) in [6.45, 7) is 1.64. The molecule has 136 valence electrons. The van der Waals surface area contributed by atoms with Gasteiger partial charge in [0.1, 0.15) is 5.69 Å². The summed E-state index contributed by atoms with van der Waals surface area (Å²) in [5.41, 5.74) is 8.16. The molecule has 0 radical (unpaired) electrons. The molecule has 2 aromatic heterocycles. The van der Waals surface area contributed by atoms with Crippen molar-refractivity contribution in [1.82, 2.24) is 15.2 Å². The smallest absolute Gasteiger partial charge is 0.356 e. The van der Waals surface area contributed by atoms with E-state index < -0.39 is 5.97 Å². The van der Waals surface area contributed by atoms with Crippen LogP contribution in [0.3, 0.4) is 0 Å². The lowest BCUT2D eigenvalue weighted by Crippen LogP contribution is -2.54. The normalized spacial score (nSPS) is 21.8. The molecule has 0 aromatic carbocycles.